The first kappa shape index (κ1) is 22.9. The summed E-state index contributed by atoms with van der Waals surface area (Å²) in [5, 5.41) is 6.70. The van der Waals surface area contributed by atoms with Crippen molar-refractivity contribution in [2.75, 3.05) is 24.7 Å². The van der Waals surface area contributed by atoms with Crippen molar-refractivity contribution >= 4 is 32.5 Å². The molecule has 0 atom stereocenters. The van der Waals surface area contributed by atoms with Gasteiger partial charge in [0.2, 0.25) is 0 Å². The third-order valence-electron chi connectivity index (χ3n) is 5.75. The molecule has 35 heavy (non-hydrogen) atoms. The van der Waals surface area contributed by atoms with Crippen molar-refractivity contribution in [3.8, 4) is 11.4 Å². The highest BCUT2D eigenvalue weighted by Gasteiger charge is 2.23. The fraction of sp³-hybridized carbons (Fsp3) is 0.200. The molecule has 9 nitrogen and oxygen atoms in total. The molecule has 0 fully saturated rings. The Balaban J connectivity index is 1.35. The lowest BCUT2D eigenvalue weighted by Gasteiger charge is -2.10. The number of carbonyl (C=O) groups is 1. The van der Waals surface area contributed by atoms with E-state index in [1.54, 1.807) is 18.3 Å². The van der Waals surface area contributed by atoms with E-state index in [1.807, 2.05) is 43.4 Å². The number of anilines is 1. The van der Waals surface area contributed by atoms with Gasteiger partial charge in [0.05, 0.1) is 53.0 Å². The topological polar surface area (TPSA) is 123 Å². The fourth-order valence-electron chi connectivity index (χ4n) is 3.85. The normalized spacial score (nSPS) is 14.7. The van der Waals surface area contributed by atoms with Crippen LogP contribution in [0.1, 0.15) is 21.6 Å². The van der Waals surface area contributed by atoms with Crippen molar-refractivity contribution in [2.45, 2.75) is 18.0 Å². The van der Waals surface area contributed by atoms with Crippen LogP contribution in [0.25, 0.3) is 22.3 Å². The van der Waals surface area contributed by atoms with Crippen LogP contribution in [0.3, 0.4) is 0 Å². The molecule has 2 N–H and O–H groups in total. The Morgan fingerprint density at radius 1 is 1.06 bits per heavy atom. The molecule has 5 rings (SSSR count). The fourth-order valence-corrected chi connectivity index (χ4v) is 5.24. The molecule has 1 aliphatic heterocycles. The smallest absolute Gasteiger partial charge is 0.251 e. The molecule has 0 unspecified atom stereocenters. The van der Waals surface area contributed by atoms with E-state index in [1.165, 1.54) is 6.07 Å². The lowest BCUT2D eigenvalue weighted by atomic mass is 10.1. The number of nitrogens with one attached hydrogen (secondary N) is 2. The average Bonchev–Trinajstić information content (AvgIpc) is 3.04. The largest absolute Gasteiger partial charge is 0.376 e. The van der Waals surface area contributed by atoms with Crippen LogP contribution in [0.4, 0.5) is 5.82 Å². The summed E-state index contributed by atoms with van der Waals surface area (Å²) in [4.78, 5) is 26.6. The average molecular weight is 490 g/mol. The summed E-state index contributed by atoms with van der Waals surface area (Å²) in [6, 6.07) is 16.0. The number of nitrogens with zero attached hydrogens (tertiary/aromatic N) is 3. The summed E-state index contributed by atoms with van der Waals surface area (Å²) < 4.78 is 30.3. The summed E-state index contributed by atoms with van der Waals surface area (Å²) >= 11 is 0. The van der Waals surface area contributed by atoms with Gasteiger partial charge in [-0.05, 0) is 48.0 Å². The molecule has 0 aliphatic carbocycles. The minimum atomic E-state index is -3.49. The van der Waals surface area contributed by atoms with E-state index in [-0.39, 0.29) is 41.9 Å². The molecular formula is C25H23N5O4S. The van der Waals surface area contributed by atoms with Gasteiger partial charge in [-0.3, -0.25) is 9.78 Å². The maximum atomic E-state index is 12.8. The summed E-state index contributed by atoms with van der Waals surface area (Å²) in [7, 11) is -1.68. The first-order valence-corrected chi connectivity index (χ1v) is 12.7. The van der Waals surface area contributed by atoms with Gasteiger partial charge in [0, 0.05) is 24.2 Å². The van der Waals surface area contributed by atoms with Gasteiger partial charge >= 0.3 is 0 Å². The predicted molar refractivity (Wildman–Crippen MR) is 132 cm³/mol. The Bertz CT molecular complexity index is 1540. The van der Waals surface area contributed by atoms with Crippen LogP contribution in [-0.2, 0) is 27.7 Å². The summed E-state index contributed by atoms with van der Waals surface area (Å²) in [5.41, 5.74) is 3.66. The molecular weight excluding hydrogens is 466 g/mol. The van der Waals surface area contributed by atoms with Gasteiger partial charge in [0.15, 0.2) is 9.84 Å². The molecule has 0 radical (unpaired) electrons. The van der Waals surface area contributed by atoms with Gasteiger partial charge in [-0.1, -0.05) is 12.1 Å². The van der Waals surface area contributed by atoms with E-state index in [9.17, 15) is 13.2 Å². The second-order valence-corrected chi connectivity index (χ2v) is 10.2. The molecule has 178 valence electrons. The standard InChI is InChI=1S/C25H23N5O4S/c1-26-24-4-2-3-20(30-24)21-8-7-17-13-27-19(12-22(17)29-21)14-28-25(31)16-5-6-18-15-34-9-10-35(32,33)23(18)11-16/h2-8,11-13H,9-10,14-15H2,1H3,(H,26,30)(H,28,31). The molecule has 0 saturated carbocycles. The van der Waals surface area contributed by atoms with E-state index < -0.39 is 9.84 Å². The number of pyridine rings is 3. The molecule has 3 aromatic heterocycles. The SMILES string of the molecule is CNc1cccc(-c2ccc3cnc(CNC(=O)c4ccc5c(c4)S(=O)(=O)CCOC5)cc3n2)n1. The number of ether oxygens (including phenoxy) is 1. The van der Waals surface area contributed by atoms with Crippen molar-refractivity contribution in [1.29, 1.82) is 0 Å². The highest BCUT2D eigenvalue weighted by Crippen LogP contribution is 2.24. The van der Waals surface area contributed by atoms with E-state index in [0.717, 1.165) is 28.1 Å². The molecule has 4 heterocycles. The molecule has 1 aliphatic rings. The van der Waals surface area contributed by atoms with Gasteiger partial charge in [0.1, 0.15) is 5.82 Å². The minimum absolute atomic E-state index is 0.101. The molecule has 1 amide bonds. The predicted octanol–water partition coefficient (Wildman–Crippen LogP) is 2.97. The van der Waals surface area contributed by atoms with E-state index in [0.29, 0.717) is 11.3 Å². The zero-order chi connectivity index (χ0) is 24.4. The van der Waals surface area contributed by atoms with Crippen LogP contribution in [0.5, 0.6) is 0 Å². The molecule has 4 aromatic rings. The highest BCUT2D eigenvalue weighted by atomic mass is 32.2. The van der Waals surface area contributed by atoms with Crippen molar-refractivity contribution in [3.05, 3.63) is 77.6 Å². The first-order chi connectivity index (χ1) is 16.9. The summed E-state index contributed by atoms with van der Waals surface area (Å²) in [5.74, 6) is 0.265. The number of aromatic nitrogens is 3. The number of sulfone groups is 1. The molecule has 0 spiro atoms. The van der Waals surface area contributed by atoms with Crippen LogP contribution >= 0.6 is 0 Å². The lowest BCUT2D eigenvalue weighted by molar-refractivity contribution is 0.0950. The van der Waals surface area contributed by atoms with E-state index in [2.05, 4.69) is 20.6 Å². The summed E-state index contributed by atoms with van der Waals surface area (Å²) in [6.45, 7) is 0.515. The van der Waals surface area contributed by atoms with Gasteiger partial charge in [-0.15, -0.1) is 0 Å². The number of carbonyl (C=O) groups excluding carboxylic acids is 1. The third-order valence-corrected chi connectivity index (χ3v) is 7.50. The Hall–Kier alpha value is -3.89. The number of amides is 1. The number of hydrogen-bond acceptors (Lipinski definition) is 8. The molecule has 10 heteroatoms. The molecule has 0 bridgehead atoms. The van der Waals surface area contributed by atoms with Crippen LogP contribution in [0, 0.1) is 0 Å². The van der Waals surface area contributed by atoms with Crippen molar-refractivity contribution in [3.63, 3.8) is 0 Å². The lowest BCUT2D eigenvalue weighted by Crippen LogP contribution is -2.23. The maximum Gasteiger partial charge on any atom is 0.251 e. The van der Waals surface area contributed by atoms with Gasteiger partial charge < -0.3 is 15.4 Å². The van der Waals surface area contributed by atoms with Crippen LogP contribution in [0.2, 0.25) is 0 Å². The number of benzene rings is 1. The quantitative estimate of drug-likeness (QED) is 0.439. The zero-order valence-electron chi connectivity index (χ0n) is 19.0. The third kappa shape index (κ3) is 4.84. The zero-order valence-corrected chi connectivity index (χ0v) is 19.8. The maximum absolute atomic E-state index is 12.8. The van der Waals surface area contributed by atoms with Crippen LogP contribution < -0.4 is 10.6 Å². The summed E-state index contributed by atoms with van der Waals surface area (Å²) in [6.07, 6.45) is 1.71. The second kappa shape index (κ2) is 9.40. The van der Waals surface area contributed by atoms with Crippen molar-refractivity contribution in [2.24, 2.45) is 0 Å². The van der Waals surface area contributed by atoms with Crippen LogP contribution in [0.15, 0.2) is 65.7 Å². The second-order valence-electron chi connectivity index (χ2n) is 8.10. The number of hydrogen-bond donors (Lipinski definition) is 2. The van der Waals surface area contributed by atoms with Crippen molar-refractivity contribution in [1.82, 2.24) is 20.3 Å². The minimum Gasteiger partial charge on any atom is -0.376 e. The van der Waals surface area contributed by atoms with Crippen molar-refractivity contribution < 1.29 is 17.9 Å². The number of fused-ring (bicyclic) bond motifs is 2. The van der Waals surface area contributed by atoms with Gasteiger partial charge in [-0.25, -0.2) is 18.4 Å². The van der Waals surface area contributed by atoms with E-state index in [4.69, 9.17) is 9.72 Å². The van der Waals surface area contributed by atoms with Crippen LogP contribution in [-0.4, -0.2) is 48.7 Å². The molecule has 0 saturated heterocycles. The van der Waals surface area contributed by atoms with Gasteiger partial charge in [0.25, 0.3) is 5.91 Å². The van der Waals surface area contributed by atoms with E-state index >= 15 is 0 Å². The Labute approximate surface area is 202 Å². The van der Waals surface area contributed by atoms with Gasteiger partial charge in [-0.2, -0.15) is 0 Å². The molecule has 1 aromatic carbocycles. The monoisotopic (exact) mass is 489 g/mol. The number of rotatable bonds is 5. The first-order valence-electron chi connectivity index (χ1n) is 11.1. The highest BCUT2D eigenvalue weighted by molar-refractivity contribution is 7.91. The Kier molecular flexibility index (Phi) is 6.14. The Morgan fingerprint density at radius 2 is 1.91 bits per heavy atom. The Morgan fingerprint density at radius 3 is 2.77 bits per heavy atom.